The average molecular weight is 507 g/mol. The lowest BCUT2D eigenvalue weighted by atomic mass is 10.1. The number of amides is 1. The van der Waals surface area contributed by atoms with Crippen LogP contribution in [0.15, 0.2) is 71.6 Å². The van der Waals surface area contributed by atoms with E-state index in [2.05, 4.69) is 0 Å². The summed E-state index contributed by atoms with van der Waals surface area (Å²) >= 11 is 6.75. The minimum atomic E-state index is -0.439. The van der Waals surface area contributed by atoms with Gasteiger partial charge in [0.15, 0.2) is 15.8 Å². The molecule has 3 aromatic rings. The lowest BCUT2D eigenvalue weighted by molar-refractivity contribution is -0.384. The number of carbonyl (C=O) groups is 1. The van der Waals surface area contributed by atoms with E-state index in [1.54, 1.807) is 29.2 Å². The van der Waals surface area contributed by atoms with Gasteiger partial charge in [0, 0.05) is 12.1 Å². The van der Waals surface area contributed by atoms with E-state index in [-0.39, 0.29) is 18.2 Å². The highest BCUT2D eigenvalue weighted by atomic mass is 32.2. The van der Waals surface area contributed by atoms with Crippen LogP contribution in [-0.2, 0) is 11.4 Å². The maximum Gasteiger partial charge on any atom is 0.270 e. The molecule has 1 amide bonds. The first-order chi connectivity index (χ1) is 16.9. The smallest absolute Gasteiger partial charge is 0.270 e. The Morgan fingerprint density at radius 3 is 2.49 bits per heavy atom. The Labute approximate surface area is 212 Å². The van der Waals surface area contributed by atoms with E-state index in [0.29, 0.717) is 27.3 Å². The number of rotatable bonds is 8. The van der Waals surface area contributed by atoms with Gasteiger partial charge in [0.1, 0.15) is 6.61 Å². The molecule has 1 aliphatic heterocycles. The molecule has 0 radical (unpaired) electrons. The van der Waals surface area contributed by atoms with Gasteiger partial charge in [-0.15, -0.1) is 0 Å². The van der Waals surface area contributed by atoms with Crippen LogP contribution >= 0.6 is 24.0 Å². The Bertz CT molecular complexity index is 1320. The van der Waals surface area contributed by atoms with Gasteiger partial charge in [-0.1, -0.05) is 48.2 Å². The first-order valence-electron chi connectivity index (χ1n) is 10.8. The van der Waals surface area contributed by atoms with Crippen molar-refractivity contribution in [2.24, 2.45) is 0 Å². The molecule has 1 heterocycles. The number of benzene rings is 3. The normalized spacial score (nSPS) is 14.5. The summed E-state index contributed by atoms with van der Waals surface area (Å²) in [7, 11) is 0. The highest BCUT2D eigenvalue weighted by Gasteiger charge is 2.34. The molecule has 0 N–H and O–H groups in total. The summed E-state index contributed by atoms with van der Waals surface area (Å²) < 4.78 is 12.2. The molecule has 0 unspecified atom stereocenters. The van der Waals surface area contributed by atoms with E-state index in [0.717, 1.165) is 22.4 Å². The van der Waals surface area contributed by atoms with Gasteiger partial charge in [-0.25, -0.2) is 0 Å². The minimum absolute atomic E-state index is 0.0287. The Balaban J connectivity index is 1.53. The van der Waals surface area contributed by atoms with Gasteiger partial charge in [-0.3, -0.25) is 19.8 Å². The van der Waals surface area contributed by atoms with Crippen molar-refractivity contribution < 1.29 is 19.2 Å². The molecule has 0 atom stereocenters. The van der Waals surface area contributed by atoms with Gasteiger partial charge in [-0.2, -0.15) is 0 Å². The van der Waals surface area contributed by atoms with Crippen molar-refractivity contribution >= 4 is 51.7 Å². The molecule has 0 aliphatic carbocycles. The molecule has 178 valence electrons. The number of ether oxygens (including phenoxy) is 2. The average Bonchev–Trinajstić information content (AvgIpc) is 3.12. The molecule has 35 heavy (non-hydrogen) atoms. The number of carbonyl (C=O) groups excluding carboxylic acids is 1. The third-order valence-electron chi connectivity index (χ3n) is 5.26. The van der Waals surface area contributed by atoms with Crippen molar-refractivity contribution in [3.05, 3.63) is 98.4 Å². The number of thioether (sulfide) groups is 1. The third kappa shape index (κ3) is 5.52. The first-order valence-corrected chi connectivity index (χ1v) is 12.1. The number of nitro groups is 1. The Morgan fingerprint density at radius 2 is 1.80 bits per heavy atom. The predicted molar refractivity (Wildman–Crippen MR) is 142 cm³/mol. The molecule has 1 saturated heterocycles. The molecule has 0 spiro atoms. The number of aryl methyl sites for hydroxylation is 1. The Hall–Kier alpha value is -3.69. The van der Waals surface area contributed by atoms with Crippen LogP contribution in [0.4, 0.5) is 11.4 Å². The number of thiocarbonyl (C=S) groups is 1. The quantitative estimate of drug-likeness (QED) is 0.154. The van der Waals surface area contributed by atoms with Gasteiger partial charge in [0.25, 0.3) is 11.6 Å². The van der Waals surface area contributed by atoms with Crippen LogP contribution in [0.3, 0.4) is 0 Å². The fraction of sp³-hybridized carbons (Fsp3) is 0.154. The van der Waals surface area contributed by atoms with Crippen LogP contribution in [0.5, 0.6) is 11.5 Å². The highest BCUT2D eigenvalue weighted by Crippen LogP contribution is 2.38. The highest BCUT2D eigenvalue weighted by molar-refractivity contribution is 8.27. The van der Waals surface area contributed by atoms with E-state index < -0.39 is 4.92 Å². The second-order valence-corrected chi connectivity index (χ2v) is 9.33. The first kappa shape index (κ1) is 24.4. The molecular weight excluding hydrogens is 484 g/mol. The zero-order chi connectivity index (χ0) is 24.9. The number of non-ortho nitro benzene ring substituents is 1. The molecule has 1 aliphatic rings. The number of para-hydroxylation sites is 1. The van der Waals surface area contributed by atoms with Crippen molar-refractivity contribution in [3.63, 3.8) is 0 Å². The van der Waals surface area contributed by atoms with Crippen LogP contribution in [-0.4, -0.2) is 21.8 Å². The number of nitro benzene ring substituents is 1. The second kappa shape index (κ2) is 10.7. The number of hydrogen-bond donors (Lipinski definition) is 0. The van der Waals surface area contributed by atoms with Crippen LogP contribution in [0.1, 0.15) is 23.6 Å². The summed E-state index contributed by atoms with van der Waals surface area (Å²) in [5.41, 5.74) is 3.35. The molecule has 0 aromatic heterocycles. The molecule has 0 saturated carbocycles. The van der Waals surface area contributed by atoms with Crippen LogP contribution in [0.25, 0.3) is 6.08 Å². The van der Waals surface area contributed by atoms with Crippen molar-refractivity contribution in [1.29, 1.82) is 0 Å². The zero-order valence-electron chi connectivity index (χ0n) is 19.1. The lowest BCUT2D eigenvalue weighted by Gasteiger charge is -2.16. The number of hydrogen-bond acceptors (Lipinski definition) is 7. The van der Waals surface area contributed by atoms with Crippen molar-refractivity contribution in [2.45, 2.75) is 20.5 Å². The van der Waals surface area contributed by atoms with Crippen molar-refractivity contribution in [1.82, 2.24) is 0 Å². The van der Waals surface area contributed by atoms with E-state index in [9.17, 15) is 14.9 Å². The zero-order valence-corrected chi connectivity index (χ0v) is 20.7. The van der Waals surface area contributed by atoms with Crippen LogP contribution < -0.4 is 14.4 Å². The lowest BCUT2D eigenvalue weighted by Crippen LogP contribution is -2.28. The fourth-order valence-electron chi connectivity index (χ4n) is 3.52. The summed E-state index contributed by atoms with van der Waals surface area (Å²) in [6.07, 6.45) is 1.79. The van der Waals surface area contributed by atoms with Crippen LogP contribution in [0, 0.1) is 17.0 Å². The number of anilines is 1. The third-order valence-corrected chi connectivity index (χ3v) is 6.56. The van der Waals surface area contributed by atoms with Gasteiger partial charge in [-0.05, 0) is 66.9 Å². The van der Waals surface area contributed by atoms with E-state index >= 15 is 0 Å². The van der Waals surface area contributed by atoms with E-state index in [4.69, 9.17) is 21.7 Å². The molecule has 9 heteroatoms. The SMILES string of the molecule is CCOc1cc(/C=C2/SC(=S)N(c3ccccc3C)C2=O)ccc1OCc1ccc([N+](=O)[O-])cc1. The maximum absolute atomic E-state index is 13.1. The van der Waals surface area contributed by atoms with Crippen molar-refractivity contribution in [3.8, 4) is 11.5 Å². The topological polar surface area (TPSA) is 81.9 Å². The predicted octanol–water partition coefficient (Wildman–Crippen LogP) is 6.29. The Kier molecular flexibility index (Phi) is 7.48. The van der Waals surface area contributed by atoms with E-state index in [1.165, 1.54) is 23.9 Å². The standard InChI is InChI=1S/C26H22N2O5S2/c1-3-32-23-14-19(10-13-22(23)33-16-18-8-11-20(12-9-18)28(30)31)15-24-25(29)27(26(34)35-24)21-7-5-4-6-17(21)2/h4-15H,3,16H2,1-2H3/b24-15+. The summed E-state index contributed by atoms with van der Waals surface area (Å²) in [6.45, 7) is 4.49. The van der Waals surface area contributed by atoms with Crippen molar-refractivity contribution in [2.75, 3.05) is 11.5 Å². The molecule has 1 fully saturated rings. The van der Waals surface area contributed by atoms with E-state index in [1.807, 2.05) is 50.2 Å². The van der Waals surface area contributed by atoms with Gasteiger partial charge < -0.3 is 9.47 Å². The van der Waals surface area contributed by atoms with Gasteiger partial charge >= 0.3 is 0 Å². The molecule has 3 aromatic carbocycles. The Morgan fingerprint density at radius 1 is 1.06 bits per heavy atom. The summed E-state index contributed by atoms with van der Waals surface area (Å²) in [5, 5.41) is 10.8. The summed E-state index contributed by atoms with van der Waals surface area (Å²) in [4.78, 5) is 25.6. The fourth-order valence-corrected chi connectivity index (χ4v) is 4.80. The largest absolute Gasteiger partial charge is 0.490 e. The van der Waals surface area contributed by atoms with Gasteiger partial charge in [0.2, 0.25) is 0 Å². The molecular formula is C26H22N2O5S2. The monoisotopic (exact) mass is 506 g/mol. The summed E-state index contributed by atoms with van der Waals surface area (Å²) in [6, 6.07) is 19.3. The minimum Gasteiger partial charge on any atom is -0.490 e. The molecule has 0 bridgehead atoms. The van der Waals surface area contributed by atoms with Gasteiger partial charge in [0.05, 0.1) is 22.1 Å². The molecule has 4 rings (SSSR count). The van der Waals surface area contributed by atoms with Crippen LogP contribution in [0.2, 0.25) is 0 Å². The molecule has 7 nitrogen and oxygen atoms in total. The maximum atomic E-state index is 13.1. The summed E-state index contributed by atoms with van der Waals surface area (Å²) in [5.74, 6) is 0.915. The number of nitrogens with zero attached hydrogens (tertiary/aromatic N) is 2. The second-order valence-electron chi connectivity index (χ2n) is 7.66.